The fraction of sp³-hybridized carbons (Fsp3) is 0.600. The molecule has 0 nitrogen and oxygen atoms in total. The standard InChI is InChI=1S/C10H12S/c1-2-3-8-6-9-4-5-10(7-8)11-9/h1,3,9-10H,4-7H2. The number of allylic oxidation sites excluding steroid dienone is 2. The van der Waals surface area contributed by atoms with Gasteiger partial charge in [-0.2, -0.15) is 11.8 Å². The van der Waals surface area contributed by atoms with E-state index in [1.54, 1.807) is 0 Å². The molecule has 2 aliphatic rings. The Kier molecular flexibility index (Phi) is 1.96. The smallest absolute Gasteiger partial charge is 0.00878 e. The SMILES string of the molecule is C#CC=C1CC2CCC(C1)S2. The van der Waals surface area contributed by atoms with Gasteiger partial charge in [0.25, 0.3) is 0 Å². The number of hydrogen-bond acceptors (Lipinski definition) is 1. The van der Waals surface area contributed by atoms with Crippen LogP contribution in [0.1, 0.15) is 25.7 Å². The van der Waals surface area contributed by atoms with Crippen LogP contribution in [-0.4, -0.2) is 10.5 Å². The minimum Gasteiger partial charge on any atom is -0.154 e. The lowest BCUT2D eigenvalue weighted by atomic mass is 10.1. The molecule has 0 aromatic carbocycles. The topological polar surface area (TPSA) is 0 Å². The first kappa shape index (κ1) is 7.31. The summed E-state index contributed by atoms with van der Waals surface area (Å²) in [5, 5.41) is 1.79. The molecule has 0 saturated carbocycles. The molecule has 58 valence electrons. The van der Waals surface area contributed by atoms with E-state index in [2.05, 4.69) is 17.7 Å². The molecule has 2 unspecified atom stereocenters. The predicted octanol–water partition coefficient (Wildman–Crippen LogP) is 2.60. The number of fused-ring (bicyclic) bond motifs is 2. The second-order valence-electron chi connectivity index (χ2n) is 3.33. The van der Waals surface area contributed by atoms with Gasteiger partial charge in [0.05, 0.1) is 0 Å². The average Bonchev–Trinajstić information content (AvgIpc) is 2.32. The van der Waals surface area contributed by atoms with E-state index < -0.39 is 0 Å². The Morgan fingerprint density at radius 2 is 2.00 bits per heavy atom. The van der Waals surface area contributed by atoms with Gasteiger partial charge in [-0.15, -0.1) is 6.42 Å². The summed E-state index contributed by atoms with van der Waals surface area (Å²) < 4.78 is 0. The molecule has 2 fully saturated rings. The van der Waals surface area contributed by atoms with Gasteiger partial charge in [-0.05, 0) is 31.8 Å². The lowest BCUT2D eigenvalue weighted by Crippen LogP contribution is -2.08. The highest BCUT2D eigenvalue weighted by Crippen LogP contribution is 2.45. The van der Waals surface area contributed by atoms with E-state index in [-0.39, 0.29) is 0 Å². The van der Waals surface area contributed by atoms with Crippen LogP contribution in [-0.2, 0) is 0 Å². The van der Waals surface area contributed by atoms with Gasteiger partial charge in [-0.3, -0.25) is 0 Å². The summed E-state index contributed by atoms with van der Waals surface area (Å²) in [4.78, 5) is 0. The maximum Gasteiger partial charge on any atom is 0.00878 e. The lowest BCUT2D eigenvalue weighted by Gasteiger charge is -2.20. The van der Waals surface area contributed by atoms with E-state index in [1.165, 1.54) is 31.3 Å². The molecule has 1 heteroatoms. The monoisotopic (exact) mass is 164 g/mol. The average molecular weight is 164 g/mol. The molecule has 0 radical (unpaired) electrons. The normalized spacial score (nSPS) is 35.0. The van der Waals surface area contributed by atoms with Gasteiger partial charge in [0.15, 0.2) is 0 Å². The van der Waals surface area contributed by atoms with Crippen molar-refractivity contribution in [3.05, 3.63) is 11.6 Å². The second-order valence-corrected chi connectivity index (χ2v) is 4.94. The van der Waals surface area contributed by atoms with Crippen LogP contribution < -0.4 is 0 Å². The van der Waals surface area contributed by atoms with Crippen molar-refractivity contribution in [2.45, 2.75) is 36.2 Å². The Balaban J connectivity index is 2.09. The zero-order valence-corrected chi connectivity index (χ0v) is 7.36. The van der Waals surface area contributed by atoms with Crippen LogP contribution in [0.25, 0.3) is 0 Å². The highest BCUT2D eigenvalue weighted by Gasteiger charge is 2.31. The summed E-state index contributed by atoms with van der Waals surface area (Å²) >= 11 is 2.17. The highest BCUT2D eigenvalue weighted by atomic mass is 32.2. The molecule has 2 bridgehead atoms. The first-order valence-electron chi connectivity index (χ1n) is 4.18. The third-order valence-corrected chi connectivity index (χ3v) is 4.04. The third kappa shape index (κ3) is 1.46. The van der Waals surface area contributed by atoms with Crippen LogP contribution in [0.3, 0.4) is 0 Å². The summed E-state index contributed by atoms with van der Waals surface area (Å²) in [5.74, 6) is 2.64. The van der Waals surface area contributed by atoms with Crippen LogP contribution in [0.5, 0.6) is 0 Å². The van der Waals surface area contributed by atoms with Crippen LogP contribution in [0, 0.1) is 12.3 Å². The number of thioether (sulfide) groups is 1. The fourth-order valence-electron chi connectivity index (χ4n) is 1.98. The Morgan fingerprint density at radius 1 is 1.36 bits per heavy atom. The summed E-state index contributed by atoms with van der Waals surface area (Å²) in [6.07, 6.45) is 12.6. The Bertz CT molecular complexity index is 208. The number of terminal acetylenes is 1. The van der Waals surface area contributed by atoms with Gasteiger partial charge in [0, 0.05) is 10.5 Å². The van der Waals surface area contributed by atoms with Crippen LogP contribution in [0.15, 0.2) is 11.6 Å². The van der Waals surface area contributed by atoms with E-state index in [0.29, 0.717) is 0 Å². The summed E-state index contributed by atoms with van der Waals surface area (Å²) in [7, 11) is 0. The molecule has 2 aliphatic heterocycles. The molecule has 2 saturated heterocycles. The van der Waals surface area contributed by atoms with Crippen LogP contribution in [0.2, 0.25) is 0 Å². The molecule has 11 heavy (non-hydrogen) atoms. The minimum absolute atomic E-state index is 0.897. The first-order valence-corrected chi connectivity index (χ1v) is 5.12. The summed E-state index contributed by atoms with van der Waals surface area (Å²) in [6.45, 7) is 0. The molecule has 2 atom stereocenters. The van der Waals surface area contributed by atoms with Gasteiger partial charge >= 0.3 is 0 Å². The number of rotatable bonds is 0. The number of hydrogen-bond donors (Lipinski definition) is 0. The highest BCUT2D eigenvalue weighted by molar-refractivity contribution is 8.00. The van der Waals surface area contributed by atoms with Crippen molar-refractivity contribution in [3.8, 4) is 12.3 Å². The molecular weight excluding hydrogens is 152 g/mol. The van der Waals surface area contributed by atoms with Crippen molar-refractivity contribution >= 4 is 11.8 Å². The Hall–Kier alpha value is -0.350. The van der Waals surface area contributed by atoms with Gasteiger partial charge < -0.3 is 0 Å². The Morgan fingerprint density at radius 3 is 2.55 bits per heavy atom. The van der Waals surface area contributed by atoms with Crippen molar-refractivity contribution < 1.29 is 0 Å². The van der Waals surface area contributed by atoms with Crippen molar-refractivity contribution in [2.24, 2.45) is 0 Å². The molecule has 0 aromatic heterocycles. The molecular formula is C10H12S. The van der Waals surface area contributed by atoms with Gasteiger partial charge in [0.2, 0.25) is 0 Å². The van der Waals surface area contributed by atoms with E-state index in [1.807, 2.05) is 6.08 Å². The van der Waals surface area contributed by atoms with Gasteiger partial charge in [-0.25, -0.2) is 0 Å². The quantitative estimate of drug-likeness (QED) is 0.496. The van der Waals surface area contributed by atoms with Crippen LogP contribution in [0.4, 0.5) is 0 Å². The minimum atomic E-state index is 0.897. The third-order valence-electron chi connectivity index (χ3n) is 2.46. The molecule has 2 heterocycles. The lowest BCUT2D eigenvalue weighted by molar-refractivity contribution is 0.777. The molecule has 0 spiro atoms. The Labute approximate surface area is 72.4 Å². The van der Waals surface area contributed by atoms with E-state index in [0.717, 1.165) is 10.5 Å². The summed E-state index contributed by atoms with van der Waals surface area (Å²) in [5.41, 5.74) is 1.51. The van der Waals surface area contributed by atoms with Crippen molar-refractivity contribution in [2.75, 3.05) is 0 Å². The molecule has 0 amide bonds. The van der Waals surface area contributed by atoms with Gasteiger partial charge in [-0.1, -0.05) is 11.5 Å². The molecule has 0 N–H and O–H groups in total. The molecule has 0 aliphatic carbocycles. The van der Waals surface area contributed by atoms with Crippen molar-refractivity contribution in [1.29, 1.82) is 0 Å². The van der Waals surface area contributed by atoms with Crippen molar-refractivity contribution in [1.82, 2.24) is 0 Å². The largest absolute Gasteiger partial charge is 0.154 e. The maximum atomic E-state index is 5.24. The van der Waals surface area contributed by atoms with E-state index in [4.69, 9.17) is 6.42 Å². The van der Waals surface area contributed by atoms with E-state index in [9.17, 15) is 0 Å². The first-order chi connectivity index (χ1) is 5.38. The maximum absolute atomic E-state index is 5.24. The fourth-order valence-corrected chi connectivity index (χ4v) is 3.69. The van der Waals surface area contributed by atoms with Crippen LogP contribution >= 0.6 is 11.8 Å². The zero-order valence-electron chi connectivity index (χ0n) is 6.55. The predicted molar refractivity (Wildman–Crippen MR) is 50.6 cm³/mol. The summed E-state index contributed by atoms with van der Waals surface area (Å²) in [6, 6.07) is 0. The molecule has 2 rings (SSSR count). The van der Waals surface area contributed by atoms with Gasteiger partial charge in [0.1, 0.15) is 0 Å². The van der Waals surface area contributed by atoms with Crippen molar-refractivity contribution in [3.63, 3.8) is 0 Å². The second kappa shape index (κ2) is 2.95. The van der Waals surface area contributed by atoms with E-state index >= 15 is 0 Å². The molecule has 0 aromatic rings. The zero-order chi connectivity index (χ0) is 7.68.